The number of hydrogen-bond donors (Lipinski definition) is 3. The van der Waals surface area contributed by atoms with Gasteiger partial charge in [0.15, 0.2) is 17.4 Å². The largest absolute Gasteiger partial charge is 0.383 e. The van der Waals surface area contributed by atoms with Crippen LogP contribution in [-0.2, 0) is 27.8 Å². The zero-order valence-electron chi connectivity index (χ0n) is 17.6. The lowest BCUT2D eigenvalue weighted by molar-refractivity contribution is 0.204. The lowest BCUT2D eigenvalue weighted by Crippen LogP contribution is -2.37. The first-order valence-corrected chi connectivity index (χ1v) is 11.4. The van der Waals surface area contributed by atoms with Crippen molar-refractivity contribution >= 4 is 21.6 Å². The van der Waals surface area contributed by atoms with Crippen molar-refractivity contribution in [2.75, 3.05) is 26.8 Å². The van der Waals surface area contributed by atoms with Crippen molar-refractivity contribution in [3.05, 3.63) is 60.0 Å². The third-order valence-corrected chi connectivity index (χ3v) is 5.83. The van der Waals surface area contributed by atoms with E-state index in [-0.39, 0.29) is 11.4 Å². The van der Waals surface area contributed by atoms with Gasteiger partial charge in [-0.3, -0.25) is 4.40 Å². The molecule has 0 spiro atoms. The Labute approximate surface area is 181 Å². The molecule has 2 heterocycles. The second-order valence-corrected chi connectivity index (χ2v) is 8.40. The highest BCUT2D eigenvalue weighted by Gasteiger charge is 2.13. The molecule has 0 bridgehead atoms. The Balaban J connectivity index is 1.67. The summed E-state index contributed by atoms with van der Waals surface area (Å²) in [4.78, 5) is 4.76. The summed E-state index contributed by atoms with van der Waals surface area (Å²) in [5.41, 5.74) is 1.55. The summed E-state index contributed by atoms with van der Waals surface area (Å²) in [5, 5.41) is 14.8. The van der Waals surface area contributed by atoms with E-state index in [0.717, 1.165) is 17.0 Å². The molecule has 0 unspecified atom stereocenters. The number of benzene rings is 1. The van der Waals surface area contributed by atoms with Crippen LogP contribution < -0.4 is 15.4 Å². The second kappa shape index (κ2) is 10.8. The highest BCUT2D eigenvalue weighted by molar-refractivity contribution is 7.89. The molecule has 3 rings (SSSR count). The van der Waals surface area contributed by atoms with Crippen LogP contribution in [0.2, 0.25) is 0 Å². The summed E-state index contributed by atoms with van der Waals surface area (Å²) in [6.07, 6.45) is 1.91. The van der Waals surface area contributed by atoms with Gasteiger partial charge in [0.05, 0.1) is 24.6 Å². The Morgan fingerprint density at radius 2 is 2.03 bits per heavy atom. The molecule has 0 saturated carbocycles. The molecule has 11 heteroatoms. The van der Waals surface area contributed by atoms with Crippen LogP contribution in [0.25, 0.3) is 5.65 Å². The fraction of sp³-hybridized carbons (Fsp3) is 0.350. The van der Waals surface area contributed by atoms with Crippen LogP contribution in [0, 0.1) is 0 Å². The van der Waals surface area contributed by atoms with Gasteiger partial charge in [-0.1, -0.05) is 18.2 Å². The number of hydrogen-bond acceptors (Lipinski definition) is 6. The highest BCUT2D eigenvalue weighted by Crippen LogP contribution is 2.12. The third kappa shape index (κ3) is 6.23. The van der Waals surface area contributed by atoms with E-state index in [4.69, 9.17) is 4.74 Å². The highest BCUT2D eigenvalue weighted by atomic mass is 32.2. The van der Waals surface area contributed by atoms with Gasteiger partial charge in [0, 0.05) is 26.4 Å². The van der Waals surface area contributed by atoms with Gasteiger partial charge in [0.25, 0.3) is 0 Å². The molecule has 0 atom stereocenters. The first-order chi connectivity index (χ1) is 15.0. The first kappa shape index (κ1) is 22.7. The maximum atomic E-state index is 12.4. The van der Waals surface area contributed by atoms with Gasteiger partial charge in [-0.25, -0.2) is 18.1 Å². The molecule has 0 fully saturated rings. The van der Waals surface area contributed by atoms with Gasteiger partial charge in [0.1, 0.15) is 0 Å². The van der Waals surface area contributed by atoms with Crippen LogP contribution in [0.1, 0.15) is 18.3 Å². The summed E-state index contributed by atoms with van der Waals surface area (Å²) in [5.74, 6) is 1.36. The number of fused-ring (bicyclic) bond motifs is 1. The molecular weight excluding hydrogens is 418 g/mol. The maximum absolute atomic E-state index is 12.4. The van der Waals surface area contributed by atoms with Crippen LogP contribution >= 0.6 is 0 Å². The van der Waals surface area contributed by atoms with Crippen LogP contribution in [0.4, 0.5) is 0 Å². The fourth-order valence-corrected chi connectivity index (χ4v) is 3.94. The zero-order valence-corrected chi connectivity index (χ0v) is 18.4. The number of nitrogens with one attached hydrogen (secondary N) is 3. The van der Waals surface area contributed by atoms with Crippen molar-refractivity contribution in [1.29, 1.82) is 0 Å². The molecule has 0 saturated heterocycles. The van der Waals surface area contributed by atoms with E-state index < -0.39 is 10.0 Å². The van der Waals surface area contributed by atoms with Crippen molar-refractivity contribution in [2.45, 2.75) is 24.9 Å². The number of methoxy groups -OCH3 is 1. The molecule has 0 aliphatic carbocycles. The molecule has 0 aliphatic rings. The van der Waals surface area contributed by atoms with E-state index in [1.54, 1.807) is 18.2 Å². The third-order valence-electron chi connectivity index (χ3n) is 4.37. The van der Waals surface area contributed by atoms with Gasteiger partial charge < -0.3 is 15.4 Å². The van der Waals surface area contributed by atoms with Gasteiger partial charge in [-0.15, -0.1) is 10.2 Å². The molecule has 0 amide bonds. The number of aliphatic imine (C=N–C) groups is 1. The van der Waals surface area contributed by atoms with E-state index in [1.165, 1.54) is 7.11 Å². The van der Waals surface area contributed by atoms with Crippen LogP contribution in [-0.4, -0.2) is 55.8 Å². The van der Waals surface area contributed by atoms with Crippen LogP contribution in [0.5, 0.6) is 0 Å². The Bertz CT molecular complexity index is 1130. The quantitative estimate of drug-likeness (QED) is 0.241. The Hall–Kier alpha value is -3.02. The Morgan fingerprint density at radius 1 is 1.16 bits per heavy atom. The molecule has 166 valence electrons. The van der Waals surface area contributed by atoms with E-state index in [1.807, 2.05) is 41.8 Å². The zero-order chi connectivity index (χ0) is 22.1. The van der Waals surface area contributed by atoms with Gasteiger partial charge in [-0.2, -0.15) is 0 Å². The molecule has 10 nitrogen and oxygen atoms in total. The minimum absolute atomic E-state index is 0.198. The average Bonchev–Trinajstić information content (AvgIpc) is 3.19. The number of pyridine rings is 1. The fourth-order valence-electron chi connectivity index (χ4n) is 2.86. The number of nitrogens with zero attached hydrogens (tertiary/aromatic N) is 4. The molecule has 3 aromatic rings. The summed E-state index contributed by atoms with van der Waals surface area (Å²) >= 11 is 0. The van der Waals surface area contributed by atoms with E-state index in [9.17, 15) is 8.42 Å². The molecule has 3 N–H and O–H groups in total. The number of ether oxygens (including phenoxy) is 1. The predicted molar refractivity (Wildman–Crippen MR) is 118 cm³/mol. The Kier molecular flexibility index (Phi) is 7.93. The van der Waals surface area contributed by atoms with Crippen molar-refractivity contribution in [2.24, 2.45) is 4.99 Å². The molecule has 0 radical (unpaired) electrons. The van der Waals surface area contributed by atoms with E-state index in [2.05, 4.69) is 30.5 Å². The summed E-state index contributed by atoms with van der Waals surface area (Å²) < 4.78 is 34.1. The first-order valence-electron chi connectivity index (χ1n) is 9.92. The van der Waals surface area contributed by atoms with Crippen molar-refractivity contribution in [3.63, 3.8) is 0 Å². The average molecular weight is 446 g/mol. The summed E-state index contributed by atoms with van der Waals surface area (Å²) in [7, 11) is -2.07. The van der Waals surface area contributed by atoms with Crippen molar-refractivity contribution in [3.8, 4) is 0 Å². The summed E-state index contributed by atoms with van der Waals surface area (Å²) in [6, 6.07) is 12.4. The predicted octanol–water partition coefficient (Wildman–Crippen LogP) is 0.909. The summed E-state index contributed by atoms with van der Waals surface area (Å²) in [6.45, 7) is 3.94. The number of guanidine groups is 1. The minimum atomic E-state index is -3.59. The van der Waals surface area contributed by atoms with Crippen LogP contribution in [0.3, 0.4) is 0 Å². The number of sulfonamides is 1. The SMILES string of the molecule is CCNC(=NCc1cccc(S(=O)(=O)NCCOC)c1)NCc1nnc2ccccn12. The standard InChI is InChI=1S/C20H27N7O3S/c1-3-21-20(23-15-19-26-25-18-9-4-5-11-27(18)19)22-14-16-7-6-8-17(13-16)31(28,29)24-10-12-30-2/h4-9,11,13,24H,3,10,12,14-15H2,1-2H3,(H2,21,22,23). The maximum Gasteiger partial charge on any atom is 0.240 e. The minimum Gasteiger partial charge on any atom is -0.383 e. The monoisotopic (exact) mass is 445 g/mol. The van der Waals surface area contributed by atoms with Crippen molar-refractivity contribution < 1.29 is 13.2 Å². The topological polar surface area (TPSA) is 122 Å². The van der Waals surface area contributed by atoms with E-state index >= 15 is 0 Å². The molecule has 0 aliphatic heterocycles. The molecular formula is C20H27N7O3S. The van der Waals surface area contributed by atoms with Crippen LogP contribution in [0.15, 0.2) is 58.5 Å². The second-order valence-electron chi connectivity index (χ2n) is 6.63. The van der Waals surface area contributed by atoms with Gasteiger partial charge in [0.2, 0.25) is 10.0 Å². The van der Waals surface area contributed by atoms with E-state index in [0.29, 0.717) is 32.2 Å². The number of rotatable bonds is 10. The Morgan fingerprint density at radius 3 is 2.84 bits per heavy atom. The normalized spacial score (nSPS) is 12.3. The smallest absolute Gasteiger partial charge is 0.240 e. The van der Waals surface area contributed by atoms with Gasteiger partial charge in [-0.05, 0) is 36.8 Å². The lowest BCUT2D eigenvalue weighted by Gasteiger charge is -2.11. The van der Waals surface area contributed by atoms with Crippen molar-refractivity contribution in [1.82, 2.24) is 30.0 Å². The number of aromatic nitrogens is 3. The molecule has 1 aromatic carbocycles. The van der Waals surface area contributed by atoms with Gasteiger partial charge >= 0.3 is 0 Å². The molecule has 31 heavy (non-hydrogen) atoms. The lowest BCUT2D eigenvalue weighted by atomic mass is 10.2. The molecule has 2 aromatic heterocycles.